The summed E-state index contributed by atoms with van der Waals surface area (Å²) in [5, 5.41) is 8.76. The Kier molecular flexibility index (Phi) is 4.63. The van der Waals surface area contributed by atoms with Crippen LogP contribution in [0.2, 0.25) is 0 Å². The van der Waals surface area contributed by atoms with Gasteiger partial charge < -0.3 is 10.2 Å². The Hall–Kier alpha value is -1.33. The molecule has 2 aliphatic rings. The summed E-state index contributed by atoms with van der Waals surface area (Å²) in [6.07, 6.45) is 6.16. The normalized spacial score (nSPS) is 21.8. The molecule has 0 spiro atoms. The van der Waals surface area contributed by atoms with Crippen molar-refractivity contribution in [2.75, 3.05) is 32.0 Å². The summed E-state index contributed by atoms with van der Waals surface area (Å²) >= 11 is 3.53. The van der Waals surface area contributed by atoms with Crippen LogP contribution in [-0.4, -0.2) is 41.4 Å². The van der Waals surface area contributed by atoms with Crippen LogP contribution in [0.1, 0.15) is 42.9 Å². The van der Waals surface area contributed by atoms with Gasteiger partial charge in [-0.25, -0.2) is 4.68 Å². The van der Waals surface area contributed by atoms with E-state index >= 15 is 0 Å². The van der Waals surface area contributed by atoms with E-state index in [0.29, 0.717) is 5.92 Å². The molecule has 2 aliphatic heterocycles. The predicted molar refractivity (Wildman–Crippen MR) is 102 cm³/mol. The second kappa shape index (κ2) is 6.89. The number of aromatic nitrogens is 2. The maximum Gasteiger partial charge on any atom is 0.133 e. The third kappa shape index (κ3) is 3.11. The summed E-state index contributed by atoms with van der Waals surface area (Å²) in [6, 6.07) is 8.46. The fourth-order valence-corrected chi connectivity index (χ4v) is 4.28. The number of hydrogen-bond donors (Lipinski definition) is 1. The van der Waals surface area contributed by atoms with Crippen LogP contribution in [0.5, 0.6) is 0 Å². The molecule has 1 atom stereocenters. The summed E-state index contributed by atoms with van der Waals surface area (Å²) < 4.78 is 3.24. The van der Waals surface area contributed by atoms with Crippen LogP contribution in [0.4, 0.5) is 5.82 Å². The lowest BCUT2D eigenvalue weighted by molar-refractivity contribution is 0.247. The SMILES string of the molecule is CN1CCCC(c2nn(-c3ccc(Br)cc3)c3c2CCCCN3)C1. The van der Waals surface area contributed by atoms with E-state index in [2.05, 4.69) is 62.1 Å². The molecule has 0 amide bonds. The third-order valence-electron chi connectivity index (χ3n) is 5.24. The van der Waals surface area contributed by atoms with Gasteiger partial charge >= 0.3 is 0 Å². The van der Waals surface area contributed by atoms with E-state index < -0.39 is 0 Å². The van der Waals surface area contributed by atoms with Gasteiger partial charge in [0.05, 0.1) is 11.4 Å². The second-order valence-corrected chi connectivity index (χ2v) is 8.00. The summed E-state index contributed by atoms with van der Waals surface area (Å²) in [5.41, 5.74) is 3.92. The average Bonchev–Trinajstić information content (AvgIpc) is 2.77. The number of rotatable bonds is 2. The lowest BCUT2D eigenvalue weighted by Gasteiger charge is -2.29. The number of nitrogens with zero attached hydrogens (tertiary/aromatic N) is 3. The van der Waals surface area contributed by atoms with Gasteiger partial charge in [0.15, 0.2) is 0 Å². The first-order valence-electron chi connectivity index (χ1n) is 9.02. The number of likely N-dealkylation sites (N-methyl/N-ethyl adjacent to an activating group) is 1. The van der Waals surface area contributed by atoms with Crippen LogP contribution in [0.3, 0.4) is 0 Å². The van der Waals surface area contributed by atoms with Crippen LogP contribution in [0.15, 0.2) is 28.7 Å². The zero-order valence-corrected chi connectivity index (χ0v) is 15.8. The maximum absolute atomic E-state index is 5.10. The van der Waals surface area contributed by atoms with Crippen molar-refractivity contribution in [2.45, 2.75) is 38.0 Å². The summed E-state index contributed by atoms with van der Waals surface area (Å²) in [5.74, 6) is 1.78. The summed E-state index contributed by atoms with van der Waals surface area (Å²) in [4.78, 5) is 2.45. The van der Waals surface area contributed by atoms with Gasteiger partial charge in [-0.2, -0.15) is 5.10 Å². The van der Waals surface area contributed by atoms with Crippen molar-refractivity contribution < 1.29 is 0 Å². The fourth-order valence-electron chi connectivity index (χ4n) is 4.02. The molecule has 5 heteroatoms. The molecule has 4 rings (SSSR count). The van der Waals surface area contributed by atoms with Crippen LogP contribution in [0, 0.1) is 0 Å². The molecule has 1 saturated heterocycles. The molecule has 4 nitrogen and oxygen atoms in total. The largest absolute Gasteiger partial charge is 0.370 e. The Morgan fingerprint density at radius 1 is 1.17 bits per heavy atom. The molecule has 0 bridgehead atoms. The fraction of sp³-hybridized carbons (Fsp3) is 0.526. The molecule has 128 valence electrons. The maximum atomic E-state index is 5.10. The minimum atomic E-state index is 0.564. The molecular weight excluding hydrogens is 364 g/mol. The third-order valence-corrected chi connectivity index (χ3v) is 5.77. The van der Waals surface area contributed by atoms with Gasteiger partial charge in [0.1, 0.15) is 5.82 Å². The quantitative estimate of drug-likeness (QED) is 0.836. The van der Waals surface area contributed by atoms with E-state index in [1.165, 1.54) is 49.3 Å². The van der Waals surface area contributed by atoms with Crippen LogP contribution >= 0.6 is 15.9 Å². The lowest BCUT2D eigenvalue weighted by Crippen LogP contribution is -2.31. The topological polar surface area (TPSA) is 33.1 Å². The van der Waals surface area contributed by atoms with E-state index in [4.69, 9.17) is 5.10 Å². The standard InChI is InChI=1S/C19H25BrN4/c1-23-12-4-5-14(13-23)18-17-6-2-3-11-21-19(17)24(22-18)16-9-7-15(20)8-10-16/h7-10,14,21H,2-6,11-13H2,1H3. The number of benzene rings is 1. The molecule has 24 heavy (non-hydrogen) atoms. The van der Waals surface area contributed by atoms with Crippen molar-refractivity contribution in [3.63, 3.8) is 0 Å². The second-order valence-electron chi connectivity index (χ2n) is 7.09. The van der Waals surface area contributed by atoms with Gasteiger partial charge in [-0.3, -0.25) is 0 Å². The smallest absolute Gasteiger partial charge is 0.133 e. The molecule has 2 aromatic rings. The minimum absolute atomic E-state index is 0.564. The molecule has 3 heterocycles. The number of piperidine rings is 1. The Morgan fingerprint density at radius 3 is 2.79 bits per heavy atom. The molecule has 1 unspecified atom stereocenters. The minimum Gasteiger partial charge on any atom is -0.370 e. The molecule has 0 saturated carbocycles. The van der Waals surface area contributed by atoms with Crippen molar-refractivity contribution in [1.82, 2.24) is 14.7 Å². The zero-order chi connectivity index (χ0) is 16.5. The number of nitrogens with one attached hydrogen (secondary N) is 1. The number of hydrogen-bond acceptors (Lipinski definition) is 3. The van der Waals surface area contributed by atoms with Crippen molar-refractivity contribution in [1.29, 1.82) is 0 Å². The Balaban J connectivity index is 1.78. The number of halogens is 1. The lowest BCUT2D eigenvalue weighted by atomic mass is 9.91. The molecule has 0 aliphatic carbocycles. The highest BCUT2D eigenvalue weighted by atomic mass is 79.9. The highest BCUT2D eigenvalue weighted by Gasteiger charge is 2.28. The van der Waals surface area contributed by atoms with Crippen LogP contribution in [-0.2, 0) is 6.42 Å². The van der Waals surface area contributed by atoms with Gasteiger partial charge in [-0.05, 0) is 70.0 Å². The zero-order valence-electron chi connectivity index (χ0n) is 14.3. The van der Waals surface area contributed by atoms with E-state index in [9.17, 15) is 0 Å². The van der Waals surface area contributed by atoms with Gasteiger partial charge in [-0.15, -0.1) is 0 Å². The molecule has 1 aromatic heterocycles. The first-order chi connectivity index (χ1) is 11.7. The molecular formula is C19H25BrN4. The summed E-state index contributed by atoms with van der Waals surface area (Å²) in [6.45, 7) is 3.38. The number of anilines is 1. The molecule has 1 aromatic carbocycles. The van der Waals surface area contributed by atoms with Crippen molar-refractivity contribution in [2.24, 2.45) is 0 Å². The first-order valence-corrected chi connectivity index (χ1v) is 9.82. The number of likely N-dealkylation sites (tertiary alicyclic amines) is 1. The molecule has 1 fully saturated rings. The predicted octanol–water partition coefficient (Wildman–Crippen LogP) is 4.19. The molecule has 1 N–H and O–H groups in total. The Labute approximate surface area is 152 Å². The number of fused-ring (bicyclic) bond motifs is 1. The van der Waals surface area contributed by atoms with E-state index in [1.807, 2.05) is 0 Å². The van der Waals surface area contributed by atoms with Gasteiger partial charge in [-0.1, -0.05) is 15.9 Å². The van der Waals surface area contributed by atoms with E-state index in [1.54, 1.807) is 0 Å². The monoisotopic (exact) mass is 388 g/mol. The summed E-state index contributed by atoms with van der Waals surface area (Å²) in [7, 11) is 2.23. The van der Waals surface area contributed by atoms with E-state index in [-0.39, 0.29) is 0 Å². The van der Waals surface area contributed by atoms with Gasteiger partial charge in [0, 0.05) is 29.0 Å². The van der Waals surface area contributed by atoms with E-state index in [0.717, 1.165) is 29.7 Å². The van der Waals surface area contributed by atoms with Crippen molar-refractivity contribution >= 4 is 21.7 Å². The Morgan fingerprint density at radius 2 is 2.00 bits per heavy atom. The first kappa shape index (κ1) is 16.2. The van der Waals surface area contributed by atoms with Crippen LogP contribution in [0.25, 0.3) is 5.69 Å². The Bertz CT molecular complexity index is 707. The van der Waals surface area contributed by atoms with Crippen molar-refractivity contribution in [3.8, 4) is 5.69 Å². The van der Waals surface area contributed by atoms with Gasteiger partial charge in [0.2, 0.25) is 0 Å². The molecule has 0 radical (unpaired) electrons. The van der Waals surface area contributed by atoms with Crippen molar-refractivity contribution in [3.05, 3.63) is 40.0 Å². The average molecular weight is 389 g/mol. The van der Waals surface area contributed by atoms with Crippen LogP contribution < -0.4 is 5.32 Å². The van der Waals surface area contributed by atoms with Gasteiger partial charge in [0.25, 0.3) is 0 Å². The highest BCUT2D eigenvalue weighted by Crippen LogP contribution is 2.35. The highest BCUT2D eigenvalue weighted by molar-refractivity contribution is 9.10.